The molecule has 20 heavy (non-hydrogen) atoms. The Morgan fingerprint density at radius 3 is 1.80 bits per heavy atom. The van der Waals surface area contributed by atoms with E-state index in [4.69, 9.17) is 0 Å². The van der Waals surface area contributed by atoms with Crippen LogP contribution in [0.1, 0.15) is 90.4 Å². The van der Waals surface area contributed by atoms with Crippen LogP contribution in [0.4, 0.5) is 0 Å². The van der Waals surface area contributed by atoms with Gasteiger partial charge >= 0.3 is 5.97 Å². The average molecular weight is 282 g/mol. The van der Waals surface area contributed by atoms with Crippen LogP contribution in [0.5, 0.6) is 0 Å². The summed E-state index contributed by atoms with van der Waals surface area (Å²) in [5.41, 5.74) is 0. The summed E-state index contributed by atoms with van der Waals surface area (Å²) in [6.07, 6.45) is 20.7. The standard InChI is InChI=1S/C18H34O2/c1-3-4-5-6-7-8-9-10-11-12-13-14-15-16-17-18(19)20-2/h15-16H,3-14,17H2,1-2H3. The van der Waals surface area contributed by atoms with Gasteiger partial charge in [-0.3, -0.25) is 4.79 Å². The van der Waals surface area contributed by atoms with Gasteiger partial charge in [0.1, 0.15) is 0 Å². The van der Waals surface area contributed by atoms with Crippen molar-refractivity contribution in [1.29, 1.82) is 0 Å². The van der Waals surface area contributed by atoms with E-state index in [1.165, 1.54) is 77.7 Å². The maximum Gasteiger partial charge on any atom is 0.309 e. The van der Waals surface area contributed by atoms with E-state index in [9.17, 15) is 4.79 Å². The van der Waals surface area contributed by atoms with Crippen molar-refractivity contribution in [2.75, 3.05) is 7.11 Å². The highest BCUT2D eigenvalue weighted by Gasteiger charge is 1.94. The van der Waals surface area contributed by atoms with Gasteiger partial charge in [-0.05, 0) is 12.8 Å². The first-order valence-corrected chi connectivity index (χ1v) is 8.53. The third kappa shape index (κ3) is 15.3. The molecule has 0 amide bonds. The minimum Gasteiger partial charge on any atom is -0.469 e. The van der Waals surface area contributed by atoms with E-state index in [0.29, 0.717) is 6.42 Å². The molecular weight excluding hydrogens is 248 g/mol. The number of hydrogen-bond acceptors (Lipinski definition) is 2. The molecule has 0 aromatic rings. The predicted octanol–water partition coefficient (Wildman–Crippen LogP) is 5.81. The monoisotopic (exact) mass is 282 g/mol. The molecule has 0 saturated carbocycles. The summed E-state index contributed by atoms with van der Waals surface area (Å²) in [5, 5.41) is 0. The number of allylic oxidation sites excluding steroid dienone is 1. The first-order valence-electron chi connectivity index (χ1n) is 8.53. The van der Waals surface area contributed by atoms with Gasteiger partial charge in [-0.2, -0.15) is 0 Å². The first-order chi connectivity index (χ1) is 9.81. The molecular formula is C18H34O2. The summed E-state index contributed by atoms with van der Waals surface area (Å²) < 4.78 is 4.57. The lowest BCUT2D eigenvalue weighted by Gasteiger charge is -2.01. The maximum absolute atomic E-state index is 10.9. The van der Waals surface area contributed by atoms with E-state index in [1.807, 2.05) is 6.08 Å². The fourth-order valence-electron chi connectivity index (χ4n) is 2.31. The molecule has 2 nitrogen and oxygen atoms in total. The Hall–Kier alpha value is -0.790. The molecule has 0 rings (SSSR count). The lowest BCUT2D eigenvalue weighted by atomic mass is 10.1. The molecule has 0 aliphatic carbocycles. The van der Waals surface area contributed by atoms with Crippen molar-refractivity contribution in [3.63, 3.8) is 0 Å². The zero-order valence-corrected chi connectivity index (χ0v) is 13.7. The molecule has 0 unspecified atom stereocenters. The van der Waals surface area contributed by atoms with Gasteiger partial charge in [-0.15, -0.1) is 0 Å². The quantitative estimate of drug-likeness (QED) is 0.228. The van der Waals surface area contributed by atoms with Gasteiger partial charge in [0.05, 0.1) is 13.5 Å². The highest BCUT2D eigenvalue weighted by Crippen LogP contribution is 2.12. The van der Waals surface area contributed by atoms with E-state index in [-0.39, 0.29) is 5.97 Å². The molecule has 0 aliphatic heterocycles. The molecule has 0 saturated heterocycles. The number of hydrogen-bond donors (Lipinski definition) is 0. The van der Waals surface area contributed by atoms with Crippen molar-refractivity contribution in [2.45, 2.75) is 90.4 Å². The molecule has 118 valence electrons. The second kappa shape index (κ2) is 16.3. The first kappa shape index (κ1) is 19.2. The fourth-order valence-corrected chi connectivity index (χ4v) is 2.31. The van der Waals surface area contributed by atoms with Gasteiger partial charge < -0.3 is 4.74 Å². The second-order valence-corrected chi connectivity index (χ2v) is 5.58. The zero-order chi connectivity index (χ0) is 14.9. The van der Waals surface area contributed by atoms with Crippen LogP contribution in [0.25, 0.3) is 0 Å². The van der Waals surface area contributed by atoms with Crippen molar-refractivity contribution >= 4 is 5.97 Å². The Bertz CT molecular complexity index is 234. The lowest BCUT2D eigenvalue weighted by molar-refractivity contribution is -0.139. The SMILES string of the molecule is CCCCCCCCCCCCCC=CCC(=O)OC. The van der Waals surface area contributed by atoms with Crippen molar-refractivity contribution in [3.8, 4) is 0 Å². The molecule has 2 heteroatoms. The van der Waals surface area contributed by atoms with Crippen LogP contribution in [-0.4, -0.2) is 13.1 Å². The molecule has 0 aliphatic rings. The van der Waals surface area contributed by atoms with E-state index in [1.54, 1.807) is 0 Å². The summed E-state index contributed by atoms with van der Waals surface area (Å²) in [4.78, 5) is 10.9. The number of esters is 1. The number of carbonyl (C=O) groups is 1. The summed E-state index contributed by atoms with van der Waals surface area (Å²) in [7, 11) is 1.43. The molecule has 0 N–H and O–H groups in total. The number of methoxy groups -OCH3 is 1. The normalized spacial score (nSPS) is 11.1. The average Bonchev–Trinajstić information content (AvgIpc) is 2.47. The van der Waals surface area contributed by atoms with Gasteiger partial charge in [-0.1, -0.05) is 83.3 Å². The Balaban J connectivity index is 3.08. The van der Waals surface area contributed by atoms with Gasteiger partial charge in [-0.25, -0.2) is 0 Å². The Labute approximate surface area is 126 Å². The number of ether oxygens (including phenoxy) is 1. The smallest absolute Gasteiger partial charge is 0.309 e. The number of unbranched alkanes of at least 4 members (excludes halogenated alkanes) is 11. The number of carbonyl (C=O) groups excluding carboxylic acids is 1. The minimum atomic E-state index is -0.153. The summed E-state index contributed by atoms with van der Waals surface area (Å²) in [6, 6.07) is 0. The molecule has 0 fully saturated rings. The zero-order valence-electron chi connectivity index (χ0n) is 13.7. The van der Waals surface area contributed by atoms with Crippen LogP contribution >= 0.6 is 0 Å². The molecule has 0 aromatic heterocycles. The maximum atomic E-state index is 10.9. The van der Waals surface area contributed by atoms with Crippen LogP contribution in [0.2, 0.25) is 0 Å². The van der Waals surface area contributed by atoms with Crippen LogP contribution in [0.15, 0.2) is 12.2 Å². The Morgan fingerprint density at radius 2 is 1.30 bits per heavy atom. The van der Waals surface area contributed by atoms with Crippen molar-refractivity contribution < 1.29 is 9.53 Å². The summed E-state index contributed by atoms with van der Waals surface area (Å²) in [5.74, 6) is -0.153. The highest BCUT2D eigenvalue weighted by molar-refractivity contribution is 5.70. The van der Waals surface area contributed by atoms with Gasteiger partial charge in [0.25, 0.3) is 0 Å². The van der Waals surface area contributed by atoms with E-state index < -0.39 is 0 Å². The Morgan fingerprint density at radius 1 is 0.800 bits per heavy atom. The summed E-state index contributed by atoms with van der Waals surface area (Å²) >= 11 is 0. The largest absolute Gasteiger partial charge is 0.469 e. The third-order valence-electron chi connectivity index (χ3n) is 3.65. The lowest BCUT2D eigenvalue weighted by Crippen LogP contribution is -1.96. The fraction of sp³-hybridized carbons (Fsp3) is 0.833. The minimum absolute atomic E-state index is 0.153. The van der Waals surface area contributed by atoms with E-state index in [0.717, 1.165) is 6.42 Å². The van der Waals surface area contributed by atoms with Crippen LogP contribution < -0.4 is 0 Å². The van der Waals surface area contributed by atoms with E-state index in [2.05, 4.69) is 17.7 Å². The molecule has 0 heterocycles. The topological polar surface area (TPSA) is 26.3 Å². The summed E-state index contributed by atoms with van der Waals surface area (Å²) in [6.45, 7) is 2.27. The Kier molecular flexibility index (Phi) is 15.6. The molecule has 0 radical (unpaired) electrons. The van der Waals surface area contributed by atoms with Gasteiger partial charge in [0, 0.05) is 0 Å². The second-order valence-electron chi connectivity index (χ2n) is 5.58. The van der Waals surface area contributed by atoms with Crippen molar-refractivity contribution in [3.05, 3.63) is 12.2 Å². The van der Waals surface area contributed by atoms with Crippen LogP contribution in [0.3, 0.4) is 0 Å². The van der Waals surface area contributed by atoms with Crippen LogP contribution in [-0.2, 0) is 9.53 Å². The van der Waals surface area contributed by atoms with Crippen LogP contribution in [0, 0.1) is 0 Å². The highest BCUT2D eigenvalue weighted by atomic mass is 16.5. The number of rotatable bonds is 14. The molecule has 0 bridgehead atoms. The molecule has 0 aromatic carbocycles. The van der Waals surface area contributed by atoms with Gasteiger partial charge in [0.2, 0.25) is 0 Å². The van der Waals surface area contributed by atoms with E-state index >= 15 is 0 Å². The van der Waals surface area contributed by atoms with Gasteiger partial charge in [0.15, 0.2) is 0 Å². The molecule has 0 atom stereocenters. The predicted molar refractivity (Wildman–Crippen MR) is 86.9 cm³/mol. The van der Waals surface area contributed by atoms with Crippen molar-refractivity contribution in [2.24, 2.45) is 0 Å². The van der Waals surface area contributed by atoms with Crippen molar-refractivity contribution in [1.82, 2.24) is 0 Å². The third-order valence-corrected chi connectivity index (χ3v) is 3.65. The molecule has 0 spiro atoms.